The first-order valence-electron chi connectivity index (χ1n) is 8.25. The van der Waals surface area contributed by atoms with Gasteiger partial charge in [0.25, 0.3) is 5.91 Å². The average Bonchev–Trinajstić information content (AvgIpc) is 3.23. The summed E-state index contributed by atoms with van der Waals surface area (Å²) >= 11 is 0. The number of likely N-dealkylation sites (tertiary alicyclic amines) is 1. The van der Waals surface area contributed by atoms with Gasteiger partial charge in [0.05, 0.1) is 5.41 Å². The van der Waals surface area contributed by atoms with Gasteiger partial charge in [0.15, 0.2) is 18.1 Å². The molecule has 2 saturated heterocycles. The Labute approximate surface area is 139 Å². The predicted molar refractivity (Wildman–Crippen MR) is 83.9 cm³/mol. The van der Waals surface area contributed by atoms with Crippen LogP contribution in [-0.2, 0) is 9.59 Å². The molecule has 1 aromatic rings. The van der Waals surface area contributed by atoms with Crippen LogP contribution in [0.1, 0.15) is 19.3 Å². The number of carbonyl (C=O) groups is 2. The molecule has 1 spiro atoms. The Bertz CT molecular complexity index is 677. The third-order valence-electron chi connectivity index (χ3n) is 5.01. The highest BCUT2D eigenvalue weighted by Gasteiger charge is 2.46. The van der Waals surface area contributed by atoms with E-state index in [0.29, 0.717) is 30.3 Å². The fraction of sp³-hybridized carbons (Fsp3) is 0.529. The molecule has 4 rings (SSSR count). The first-order chi connectivity index (χ1) is 11.7. The molecule has 24 heavy (non-hydrogen) atoms. The second-order valence-corrected chi connectivity index (χ2v) is 6.51. The zero-order valence-corrected chi connectivity index (χ0v) is 13.4. The summed E-state index contributed by atoms with van der Waals surface area (Å²) in [5.74, 6) is 1.86. The first-order valence-corrected chi connectivity index (χ1v) is 8.25. The number of fused-ring (bicyclic) bond motifs is 1. The number of hydrogen-bond acceptors (Lipinski definition) is 5. The zero-order valence-electron chi connectivity index (χ0n) is 13.4. The van der Waals surface area contributed by atoms with Crippen molar-refractivity contribution in [1.29, 1.82) is 0 Å². The minimum atomic E-state index is -0.396. The van der Waals surface area contributed by atoms with E-state index < -0.39 is 5.41 Å². The molecular formula is C17H20N2O5. The molecule has 0 aromatic heterocycles. The number of hydrogen-bond donors (Lipinski definition) is 1. The molecule has 3 aliphatic heterocycles. The average molecular weight is 332 g/mol. The molecule has 3 aliphatic rings. The monoisotopic (exact) mass is 332 g/mol. The van der Waals surface area contributed by atoms with Gasteiger partial charge in [-0.25, -0.2) is 0 Å². The van der Waals surface area contributed by atoms with Gasteiger partial charge in [0.1, 0.15) is 5.75 Å². The largest absolute Gasteiger partial charge is 0.484 e. The van der Waals surface area contributed by atoms with E-state index in [0.717, 1.165) is 25.8 Å². The summed E-state index contributed by atoms with van der Waals surface area (Å²) in [6.45, 7) is 1.99. The lowest BCUT2D eigenvalue weighted by Crippen LogP contribution is -2.48. The lowest BCUT2D eigenvalue weighted by atomic mass is 9.79. The first kappa shape index (κ1) is 15.1. The van der Waals surface area contributed by atoms with E-state index in [1.807, 2.05) is 0 Å². The number of benzene rings is 1. The van der Waals surface area contributed by atoms with Crippen molar-refractivity contribution >= 4 is 11.8 Å². The standard InChI is InChI=1S/C17H20N2O5/c20-15(9-22-12-2-3-13-14(8-12)24-11-23-13)19-7-5-17(10-19)4-1-6-18-16(17)21/h2-3,8H,1,4-7,9-11H2,(H,18,21)/t17-/m0/s1. The Balaban J connectivity index is 1.34. The van der Waals surface area contributed by atoms with Gasteiger partial charge in [0.2, 0.25) is 12.7 Å². The van der Waals surface area contributed by atoms with Crippen molar-refractivity contribution in [2.24, 2.45) is 5.41 Å². The van der Waals surface area contributed by atoms with Gasteiger partial charge in [0, 0.05) is 25.7 Å². The lowest BCUT2D eigenvalue weighted by Gasteiger charge is -2.32. The molecule has 0 radical (unpaired) electrons. The summed E-state index contributed by atoms with van der Waals surface area (Å²) in [6.07, 6.45) is 2.56. The Morgan fingerprint density at radius 2 is 2.17 bits per heavy atom. The van der Waals surface area contributed by atoms with Gasteiger partial charge in [-0.05, 0) is 31.4 Å². The van der Waals surface area contributed by atoms with Crippen molar-refractivity contribution in [3.05, 3.63) is 18.2 Å². The molecule has 1 aromatic carbocycles. The van der Waals surface area contributed by atoms with Crippen LogP contribution >= 0.6 is 0 Å². The summed E-state index contributed by atoms with van der Waals surface area (Å²) in [7, 11) is 0. The van der Waals surface area contributed by atoms with Crippen molar-refractivity contribution in [3.63, 3.8) is 0 Å². The molecular weight excluding hydrogens is 312 g/mol. The van der Waals surface area contributed by atoms with Crippen molar-refractivity contribution < 1.29 is 23.8 Å². The van der Waals surface area contributed by atoms with Gasteiger partial charge in [-0.15, -0.1) is 0 Å². The lowest BCUT2D eigenvalue weighted by molar-refractivity contribution is -0.135. The molecule has 7 heteroatoms. The highest BCUT2D eigenvalue weighted by molar-refractivity contribution is 5.86. The van der Waals surface area contributed by atoms with E-state index in [-0.39, 0.29) is 25.2 Å². The number of nitrogens with one attached hydrogen (secondary N) is 1. The van der Waals surface area contributed by atoms with Crippen LogP contribution in [0.15, 0.2) is 18.2 Å². The molecule has 0 bridgehead atoms. The summed E-state index contributed by atoms with van der Waals surface area (Å²) in [4.78, 5) is 26.3. The van der Waals surface area contributed by atoms with E-state index >= 15 is 0 Å². The van der Waals surface area contributed by atoms with Crippen molar-refractivity contribution in [1.82, 2.24) is 10.2 Å². The summed E-state index contributed by atoms with van der Waals surface area (Å²) in [5, 5.41) is 2.92. The molecule has 2 amide bonds. The van der Waals surface area contributed by atoms with E-state index in [1.165, 1.54) is 0 Å². The van der Waals surface area contributed by atoms with Crippen LogP contribution in [0.3, 0.4) is 0 Å². The second kappa shape index (κ2) is 5.89. The van der Waals surface area contributed by atoms with E-state index in [1.54, 1.807) is 23.1 Å². The molecule has 128 valence electrons. The molecule has 3 heterocycles. The van der Waals surface area contributed by atoms with Crippen molar-refractivity contribution in [2.45, 2.75) is 19.3 Å². The fourth-order valence-electron chi connectivity index (χ4n) is 3.61. The summed E-state index contributed by atoms with van der Waals surface area (Å²) in [5.41, 5.74) is -0.396. The molecule has 0 aliphatic carbocycles. The second-order valence-electron chi connectivity index (χ2n) is 6.51. The summed E-state index contributed by atoms with van der Waals surface area (Å²) in [6, 6.07) is 5.23. The van der Waals surface area contributed by atoms with Crippen LogP contribution in [0.4, 0.5) is 0 Å². The number of amides is 2. The SMILES string of the molecule is O=C(COc1ccc2c(c1)OCO2)N1CC[C@@]2(CCCNC2=O)C1. The molecule has 0 unspecified atom stereocenters. The van der Waals surface area contributed by atoms with Crippen LogP contribution in [0.5, 0.6) is 17.2 Å². The number of rotatable bonds is 3. The van der Waals surface area contributed by atoms with Crippen LogP contribution < -0.4 is 19.5 Å². The van der Waals surface area contributed by atoms with Gasteiger partial charge < -0.3 is 24.4 Å². The minimum Gasteiger partial charge on any atom is -0.484 e. The third kappa shape index (κ3) is 2.64. The van der Waals surface area contributed by atoms with Gasteiger partial charge in [-0.2, -0.15) is 0 Å². The Morgan fingerprint density at radius 3 is 3.04 bits per heavy atom. The van der Waals surface area contributed by atoms with Crippen LogP contribution in [0.25, 0.3) is 0 Å². The highest BCUT2D eigenvalue weighted by atomic mass is 16.7. The molecule has 0 saturated carbocycles. The molecule has 2 fully saturated rings. The third-order valence-corrected chi connectivity index (χ3v) is 5.01. The normalized spacial score (nSPS) is 25.0. The number of carbonyl (C=O) groups excluding carboxylic acids is 2. The van der Waals surface area contributed by atoms with Crippen LogP contribution in [0, 0.1) is 5.41 Å². The van der Waals surface area contributed by atoms with E-state index in [2.05, 4.69) is 5.32 Å². The van der Waals surface area contributed by atoms with Crippen molar-refractivity contribution in [2.75, 3.05) is 33.0 Å². The molecule has 7 nitrogen and oxygen atoms in total. The maximum Gasteiger partial charge on any atom is 0.260 e. The highest BCUT2D eigenvalue weighted by Crippen LogP contribution is 2.38. The topological polar surface area (TPSA) is 77.1 Å². The van der Waals surface area contributed by atoms with Crippen LogP contribution in [0.2, 0.25) is 0 Å². The number of nitrogens with zero attached hydrogens (tertiary/aromatic N) is 1. The Morgan fingerprint density at radius 1 is 1.29 bits per heavy atom. The maximum atomic E-state index is 12.4. The van der Waals surface area contributed by atoms with Gasteiger partial charge in [-0.3, -0.25) is 9.59 Å². The van der Waals surface area contributed by atoms with E-state index in [4.69, 9.17) is 14.2 Å². The maximum absolute atomic E-state index is 12.4. The number of ether oxygens (including phenoxy) is 3. The molecule has 1 N–H and O–H groups in total. The van der Waals surface area contributed by atoms with Gasteiger partial charge in [-0.1, -0.05) is 0 Å². The summed E-state index contributed by atoms with van der Waals surface area (Å²) < 4.78 is 16.1. The quantitative estimate of drug-likeness (QED) is 0.891. The molecule has 1 atom stereocenters. The number of piperidine rings is 1. The minimum absolute atomic E-state index is 0.0443. The Kier molecular flexibility index (Phi) is 3.70. The van der Waals surface area contributed by atoms with Crippen LogP contribution in [-0.4, -0.2) is 49.7 Å². The Hall–Kier alpha value is -2.44. The van der Waals surface area contributed by atoms with Gasteiger partial charge >= 0.3 is 0 Å². The van der Waals surface area contributed by atoms with Crippen molar-refractivity contribution in [3.8, 4) is 17.2 Å². The smallest absolute Gasteiger partial charge is 0.260 e. The zero-order chi connectivity index (χ0) is 16.6. The van der Waals surface area contributed by atoms with E-state index in [9.17, 15) is 9.59 Å². The predicted octanol–water partition coefficient (Wildman–Crippen LogP) is 0.923. The fourth-order valence-corrected chi connectivity index (χ4v) is 3.61.